The summed E-state index contributed by atoms with van der Waals surface area (Å²) in [6, 6.07) is 15.6. The van der Waals surface area contributed by atoms with Crippen molar-refractivity contribution in [2.24, 2.45) is 0 Å². The molecule has 3 aromatic rings. The number of aryl methyl sites for hydroxylation is 1. The lowest BCUT2D eigenvalue weighted by molar-refractivity contribution is 1.06. The lowest BCUT2D eigenvalue weighted by Crippen LogP contribution is -1.93. The Labute approximate surface area is 115 Å². The molecule has 1 aromatic heterocycles. The number of benzene rings is 2. The van der Waals surface area contributed by atoms with E-state index in [0.717, 1.165) is 22.3 Å². The van der Waals surface area contributed by atoms with Gasteiger partial charge in [-0.05, 0) is 55.0 Å². The molecule has 19 heavy (non-hydrogen) atoms. The largest absolute Gasteiger partial charge is 0.330 e. The molecule has 0 atom stereocenters. The number of aromatic nitrogens is 2. The fourth-order valence-corrected chi connectivity index (χ4v) is 2.52. The molecule has 0 unspecified atom stereocenters. The summed E-state index contributed by atoms with van der Waals surface area (Å²) in [7, 11) is 0. The third-order valence-electron chi connectivity index (χ3n) is 3.18. The minimum absolute atomic E-state index is 0.645. The zero-order chi connectivity index (χ0) is 13.4. The zero-order valence-corrected chi connectivity index (χ0v) is 11.2. The van der Waals surface area contributed by atoms with Crippen molar-refractivity contribution < 1.29 is 0 Å². The minimum atomic E-state index is 0.645. The van der Waals surface area contributed by atoms with Crippen LogP contribution < -0.4 is 0 Å². The molecule has 0 aliphatic carbocycles. The highest BCUT2D eigenvalue weighted by Crippen LogP contribution is 2.22. The number of nitrogens with one attached hydrogen (secondary N) is 1. The van der Waals surface area contributed by atoms with E-state index in [0.29, 0.717) is 10.3 Å². The maximum Gasteiger partial charge on any atom is 0.182 e. The highest BCUT2D eigenvalue weighted by Gasteiger charge is 2.07. The third-order valence-corrected chi connectivity index (χ3v) is 3.47. The quantitative estimate of drug-likeness (QED) is 0.679. The van der Waals surface area contributed by atoms with Crippen molar-refractivity contribution >= 4 is 23.3 Å². The molecule has 92 valence electrons. The Morgan fingerprint density at radius 2 is 1.89 bits per heavy atom. The van der Waals surface area contributed by atoms with Crippen molar-refractivity contribution in [3.63, 3.8) is 0 Å². The van der Waals surface area contributed by atoms with Crippen molar-refractivity contribution in [3.05, 3.63) is 58.4 Å². The highest BCUT2D eigenvalue weighted by molar-refractivity contribution is 7.71. The molecule has 0 amide bonds. The minimum Gasteiger partial charge on any atom is -0.330 e. The Morgan fingerprint density at radius 3 is 2.58 bits per heavy atom. The van der Waals surface area contributed by atoms with Crippen LogP contribution in [0.2, 0.25) is 0 Å². The fourth-order valence-electron chi connectivity index (χ4n) is 2.21. The van der Waals surface area contributed by atoms with Crippen LogP contribution in [0.15, 0.2) is 42.5 Å². The fraction of sp³-hybridized carbons (Fsp3) is 0.0667. The summed E-state index contributed by atoms with van der Waals surface area (Å²) < 4.78 is 2.65. The molecule has 0 aliphatic rings. The number of hydrogen-bond donors (Lipinski definition) is 1. The van der Waals surface area contributed by atoms with E-state index in [1.807, 2.05) is 28.8 Å². The van der Waals surface area contributed by atoms with Gasteiger partial charge >= 0.3 is 0 Å². The molecule has 0 fully saturated rings. The van der Waals surface area contributed by atoms with Crippen molar-refractivity contribution in [2.75, 3.05) is 0 Å². The molecular formula is C15H11N3S. The molecule has 1 N–H and O–H groups in total. The number of aromatic amines is 1. The van der Waals surface area contributed by atoms with Gasteiger partial charge in [0, 0.05) is 5.69 Å². The van der Waals surface area contributed by atoms with E-state index in [1.165, 1.54) is 0 Å². The second kappa shape index (κ2) is 4.38. The lowest BCUT2D eigenvalue weighted by Gasteiger charge is -2.04. The summed E-state index contributed by atoms with van der Waals surface area (Å²) in [4.78, 5) is 3.24. The Morgan fingerprint density at radius 1 is 1.16 bits per heavy atom. The summed E-state index contributed by atoms with van der Waals surface area (Å²) in [5.74, 6) is 0. The van der Waals surface area contributed by atoms with Gasteiger partial charge in [-0.3, -0.25) is 4.57 Å². The van der Waals surface area contributed by atoms with E-state index in [2.05, 4.69) is 24.0 Å². The van der Waals surface area contributed by atoms with E-state index in [1.54, 1.807) is 12.1 Å². The Kier molecular flexibility index (Phi) is 2.69. The first-order valence-electron chi connectivity index (χ1n) is 5.91. The summed E-state index contributed by atoms with van der Waals surface area (Å²) in [6.45, 7) is 2.05. The highest BCUT2D eigenvalue weighted by atomic mass is 32.1. The number of imidazole rings is 1. The van der Waals surface area contributed by atoms with E-state index in [-0.39, 0.29) is 0 Å². The zero-order valence-electron chi connectivity index (χ0n) is 10.3. The Balaban J connectivity index is 2.30. The van der Waals surface area contributed by atoms with Gasteiger partial charge in [0.2, 0.25) is 0 Å². The lowest BCUT2D eigenvalue weighted by atomic mass is 10.2. The maximum atomic E-state index is 8.84. The van der Waals surface area contributed by atoms with Gasteiger partial charge in [0.25, 0.3) is 0 Å². The van der Waals surface area contributed by atoms with Crippen molar-refractivity contribution in [2.45, 2.75) is 6.92 Å². The van der Waals surface area contributed by atoms with Crippen molar-refractivity contribution in [1.29, 1.82) is 5.26 Å². The summed E-state index contributed by atoms with van der Waals surface area (Å²) >= 11 is 5.40. The van der Waals surface area contributed by atoms with E-state index in [4.69, 9.17) is 17.5 Å². The van der Waals surface area contributed by atoms with Crippen LogP contribution >= 0.6 is 12.2 Å². The first kappa shape index (κ1) is 11.7. The van der Waals surface area contributed by atoms with Gasteiger partial charge in [-0.1, -0.05) is 12.1 Å². The predicted octanol–water partition coefficient (Wildman–Crippen LogP) is 3.87. The molecule has 0 radical (unpaired) electrons. The molecular weight excluding hydrogens is 254 g/mol. The molecule has 0 bridgehead atoms. The number of hydrogen-bond acceptors (Lipinski definition) is 2. The van der Waals surface area contributed by atoms with Crippen molar-refractivity contribution in [3.8, 4) is 11.8 Å². The Hall–Kier alpha value is -2.38. The third kappa shape index (κ3) is 1.85. The van der Waals surface area contributed by atoms with Gasteiger partial charge in [-0.15, -0.1) is 0 Å². The maximum absolute atomic E-state index is 8.84. The summed E-state index contributed by atoms with van der Waals surface area (Å²) in [5.41, 5.74) is 4.87. The van der Waals surface area contributed by atoms with Crippen LogP contribution in [0.3, 0.4) is 0 Å². The van der Waals surface area contributed by atoms with Gasteiger partial charge in [0.15, 0.2) is 4.77 Å². The number of fused-ring (bicyclic) bond motifs is 1. The normalized spacial score (nSPS) is 10.5. The molecule has 0 aliphatic heterocycles. The van der Waals surface area contributed by atoms with Crippen LogP contribution in [0, 0.1) is 23.0 Å². The molecule has 1 heterocycles. The van der Waals surface area contributed by atoms with Gasteiger partial charge in [-0.25, -0.2) is 0 Å². The van der Waals surface area contributed by atoms with E-state index >= 15 is 0 Å². The van der Waals surface area contributed by atoms with E-state index < -0.39 is 0 Å². The van der Waals surface area contributed by atoms with Gasteiger partial charge in [0.1, 0.15) is 0 Å². The molecule has 3 nitrogen and oxygen atoms in total. The van der Waals surface area contributed by atoms with Gasteiger partial charge < -0.3 is 4.98 Å². The summed E-state index contributed by atoms with van der Waals surface area (Å²) in [5, 5.41) is 8.84. The first-order chi connectivity index (χ1) is 9.20. The van der Waals surface area contributed by atoms with Gasteiger partial charge in [-0.2, -0.15) is 5.26 Å². The number of nitrogens with zero attached hydrogens (tertiary/aromatic N) is 2. The average molecular weight is 265 g/mol. The van der Waals surface area contributed by atoms with Crippen LogP contribution in [-0.2, 0) is 0 Å². The number of H-pyrrole nitrogens is 1. The first-order valence-corrected chi connectivity index (χ1v) is 6.32. The van der Waals surface area contributed by atoms with E-state index in [9.17, 15) is 0 Å². The van der Waals surface area contributed by atoms with Gasteiger partial charge in [0.05, 0.1) is 22.7 Å². The number of nitriles is 1. The molecule has 2 aromatic carbocycles. The standard InChI is InChI=1S/C15H11N3S/c1-10-3-2-4-13-14(10)17-15(19)18(13)12-7-5-11(9-16)6-8-12/h2-8H,1H3,(H,17,19). The molecule has 4 heteroatoms. The predicted molar refractivity (Wildman–Crippen MR) is 77.9 cm³/mol. The number of para-hydroxylation sites is 1. The molecule has 0 spiro atoms. The molecule has 0 saturated carbocycles. The van der Waals surface area contributed by atoms with Crippen molar-refractivity contribution in [1.82, 2.24) is 9.55 Å². The molecule has 3 rings (SSSR count). The second-order valence-electron chi connectivity index (χ2n) is 4.39. The molecule has 0 saturated heterocycles. The van der Waals surface area contributed by atoms with Crippen LogP contribution in [0.5, 0.6) is 0 Å². The van der Waals surface area contributed by atoms with Crippen LogP contribution in [0.4, 0.5) is 0 Å². The summed E-state index contributed by atoms with van der Waals surface area (Å²) in [6.07, 6.45) is 0. The van der Waals surface area contributed by atoms with Crippen LogP contribution in [0.1, 0.15) is 11.1 Å². The Bertz CT molecular complexity index is 848. The number of rotatable bonds is 1. The smallest absolute Gasteiger partial charge is 0.182 e. The second-order valence-corrected chi connectivity index (χ2v) is 4.78. The average Bonchev–Trinajstić information content (AvgIpc) is 2.77. The SMILES string of the molecule is Cc1cccc2c1[nH]c(=S)n2-c1ccc(C#N)cc1. The van der Waals surface area contributed by atoms with Crippen LogP contribution in [-0.4, -0.2) is 9.55 Å². The van der Waals surface area contributed by atoms with Crippen LogP contribution in [0.25, 0.3) is 16.7 Å². The monoisotopic (exact) mass is 265 g/mol. The topological polar surface area (TPSA) is 44.5 Å².